The molecule has 12 heavy (non-hydrogen) atoms. The molecule has 0 unspecified atom stereocenters. The van der Waals surface area contributed by atoms with Crippen molar-refractivity contribution in [3.63, 3.8) is 0 Å². The lowest BCUT2D eigenvalue weighted by Gasteiger charge is -2.20. The van der Waals surface area contributed by atoms with Gasteiger partial charge in [0.15, 0.2) is 0 Å². The summed E-state index contributed by atoms with van der Waals surface area (Å²) in [5.41, 5.74) is 6.11. The first-order valence-corrected chi connectivity index (χ1v) is 3.94. The molecule has 3 nitrogen and oxygen atoms in total. The van der Waals surface area contributed by atoms with Gasteiger partial charge in [0, 0.05) is 23.9 Å². The van der Waals surface area contributed by atoms with E-state index in [-0.39, 0.29) is 6.61 Å². The molecule has 1 rings (SSSR count). The van der Waals surface area contributed by atoms with Gasteiger partial charge in [0.2, 0.25) is 0 Å². The maximum Gasteiger partial charge on any atom is 0.0612 e. The van der Waals surface area contributed by atoms with Gasteiger partial charge in [-0.2, -0.15) is 0 Å². The minimum Gasteiger partial charge on any atom is -0.394 e. The van der Waals surface area contributed by atoms with Gasteiger partial charge in [0.25, 0.3) is 0 Å². The molecule has 66 valence electrons. The Balaban J connectivity index is 2.64. The Morgan fingerprint density at radius 2 is 2.33 bits per heavy atom. The number of aromatic nitrogens is 1. The van der Waals surface area contributed by atoms with Crippen LogP contribution >= 0.6 is 0 Å². The van der Waals surface area contributed by atoms with Crippen LogP contribution < -0.4 is 5.73 Å². The summed E-state index contributed by atoms with van der Waals surface area (Å²) in [6.07, 6.45) is 2.33. The molecular weight excluding hydrogens is 152 g/mol. The van der Waals surface area contributed by atoms with Gasteiger partial charge in [-0.3, -0.25) is 4.98 Å². The molecule has 0 aliphatic rings. The van der Waals surface area contributed by atoms with E-state index in [4.69, 9.17) is 10.8 Å². The van der Waals surface area contributed by atoms with E-state index in [1.807, 2.05) is 25.1 Å². The molecule has 0 radical (unpaired) electrons. The first-order chi connectivity index (χ1) is 5.64. The van der Waals surface area contributed by atoms with Crippen LogP contribution in [-0.4, -0.2) is 22.2 Å². The van der Waals surface area contributed by atoms with Crippen molar-refractivity contribution < 1.29 is 5.11 Å². The molecule has 1 aromatic rings. The molecule has 0 aliphatic heterocycles. The lowest BCUT2D eigenvalue weighted by molar-refractivity contribution is 0.207. The lowest BCUT2D eigenvalue weighted by Crippen LogP contribution is -2.42. The fourth-order valence-corrected chi connectivity index (χ4v) is 0.972. The Hall–Kier alpha value is -0.930. The number of nitrogens with zero attached hydrogens (tertiary/aromatic N) is 1. The van der Waals surface area contributed by atoms with Crippen LogP contribution in [0.25, 0.3) is 0 Å². The zero-order valence-electron chi connectivity index (χ0n) is 7.20. The van der Waals surface area contributed by atoms with Gasteiger partial charge in [-0.15, -0.1) is 0 Å². The third-order valence-electron chi connectivity index (χ3n) is 1.67. The van der Waals surface area contributed by atoms with Crippen LogP contribution in [0, 0.1) is 0 Å². The van der Waals surface area contributed by atoms with Crippen LogP contribution in [0.2, 0.25) is 0 Å². The molecule has 0 amide bonds. The highest BCUT2D eigenvalue weighted by Gasteiger charge is 2.17. The maximum atomic E-state index is 8.90. The van der Waals surface area contributed by atoms with Gasteiger partial charge in [-0.25, -0.2) is 0 Å². The van der Waals surface area contributed by atoms with Gasteiger partial charge >= 0.3 is 0 Å². The molecule has 0 saturated heterocycles. The molecule has 1 heterocycles. The van der Waals surface area contributed by atoms with E-state index in [0.29, 0.717) is 6.42 Å². The predicted molar refractivity (Wildman–Crippen MR) is 47.6 cm³/mol. The van der Waals surface area contributed by atoms with Crippen molar-refractivity contribution in [2.24, 2.45) is 5.73 Å². The van der Waals surface area contributed by atoms with Crippen molar-refractivity contribution >= 4 is 0 Å². The van der Waals surface area contributed by atoms with Crippen molar-refractivity contribution in [3.8, 4) is 0 Å². The third kappa shape index (κ3) is 2.60. The summed E-state index contributed by atoms with van der Waals surface area (Å²) in [6.45, 7) is 1.78. The topological polar surface area (TPSA) is 59.1 Å². The number of hydrogen-bond donors (Lipinski definition) is 2. The summed E-state index contributed by atoms with van der Waals surface area (Å²) in [6, 6.07) is 5.67. The predicted octanol–water partition coefficient (Wildman–Crippen LogP) is 0.334. The zero-order valence-corrected chi connectivity index (χ0v) is 7.20. The summed E-state index contributed by atoms with van der Waals surface area (Å²) in [5.74, 6) is 0. The maximum absolute atomic E-state index is 8.90. The van der Waals surface area contributed by atoms with E-state index in [2.05, 4.69) is 4.98 Å². The number of hydrogen-bond acceptors (Lipinski definition) is 3. The molecule has 3 heteroatoms. The SMILES string of the molecule is C[C@](N)(CO)Cc1ccccn1. The quantitative estimate of drug-likeness (QED) is 0.680. The molecule has 3 N–H and O–H groups in total. The molecule has 1 aromatic heterocycles. The van der Waals surface area contributed by atoms with E-state index in [1.54, 1.807) is 6.20 Å². The molecule has 0 spiro atoms. The van der Waals surface area contributed by atoms with Crippen molar-refractivity contribution in [2.45, 2.75) is 18.9 Å². The van der Waals surface area contributed by atoms with Gasteiger partial charge < -0.3 is 10.8 Å². The summed E-state index contributed by atoms with van der Waals surface area (Å²) in [5, 5.41) is 8.90. The highest BCUT2D eigenvalue weighted by Crippen LogP contribution is 2.06. The highest BCUT2D eigenvalue weighted by atomic mass is 16.3. The van der Waals surface area contributed by atoms with E-state index < -0.39 is 5.54 Å². The van der Waals surface area contributed by atoms with Crippen molar-refractivity contribution in [1.82, 2.24) is 4.98 Å². The van der Waals surface area contributed by atoms with Gasteiger partial charge in [-0.1, -0.05) is 6.07 Å². The highest BCUT2D eigenvalue weighted by molar-refractivity contribution is 5.07. The molecule has 0 bridgehead atoms. The smallest absolute Gasteiger partial charge is 0.0612 e. The molecule has 0 aromatic carbocycles. The third-order valence-corrected chi connectivity index (χ3v) is 1.67. The molecular formula is C9H14N2O. The minimum atomic E-state index is -0.561. The van der Waals surface area contributed by atoms with Crippen LogP contribution in [0.15, 0.2) is 24.4 Å². The molecule has 1 atom stereocenters. The number of aliphatic hydroxyl groups excluding tert-OH is 1. The van der Waals surface area contributed by atoms with Crippen LogP contribution in [-0.2, 0) is 6.42 Å². The number of aliphatic hydroxyl groups is 1. The Morgan fingerprint density at radius 1 is 1.58 bits per heavy atom. The molecule has 0 saturated carbocycles. The van der Waals surface area contributed by atoms with Gasteiger partial charge in [0.05, 0.1) is 6.61 Å². The first kappa shape index (κ1) is 9.16. The Morgan fingerprint density at radius 3 is 2.83 bits per heavy atom. The van der Waals surface area contributed by atoms with E-state index >= 15 is 0 Å². The van der Waals surface area contributed by atoms with Crippen molar-refractivity contribution in [1.29, 1.82) is 0 Å². The van der Waals surface area contributed by atoms with Crippen LogP contribution in [0.1, 0.15) is 12.6 Å². The minimum absolute atomic E-state index is 0.0242. The van der Waals surface area contributed by atoms with Crippen molar-refractivity contribution in [2.75, 3.05) is 6.61 Å². The summed E-state index contributed by atoms with van der Waals surface area (Å²) >= 11 is 0. The van der Waals surface area contributed by atoms with Gasteiger partial charge in [-0.05, 0) is 19.1 Å². The Labute approximate surface area is 72.2 Å². The monoisotopic (exact) mass is 166 g/mol. The largest absolute Gasteiger partial charge is 0.394 e. The Kier molecular flexibility index (Phi) is 2.78. The van der Waals surface area contributed by atoms with E-state index in [1.165, 1.54) is 0 Å². The average Bonchev–Trinajstić information content (AvgIpc) is 2.06. The van der Waals surface area contributed by atoms with Gasteiger partial charge in [0.1, 0.15) is 0 Å². The second kappa shape index (κ2) is 3.65. The fourth-order valence-electron chi connectivity index (χ4n) is 0.972. The van der Waals surface area contributed by atoms with E-state index in [0.717, 1.165) is 5.69 Å². The summed E-state index contributed by atoms with van der Waals surface area (Å²) < 4.78 is 0. The lowest BCUT2D eigenvalue weighted by atomic mass is 9.98. The van der Waals surface area contributed by atoms with E-state index in [9.17, 15) is 0 Å². The fraction of sp³-hybridized carbons (Fsp3) is 0.444. The first-order valence-electron chi connectivity index (χ1n) is 3.94. The standard InChI is InChI=1S/C9H14N2O/c1-9(10,7-12)6-8-4-2-3-5-11-8/h2-5,12H,6-7,10H2,1H3/t9-/m1/s1. The second-order valence-corrected chi connectivity index (χ2v) is 3.31. The second-order valence-electron chi connectivity index (χ2n) is 3.31. The van der Waals surface area contributed by atoms with Crippen LogP contribution in [0.4, 0.5) is 0 Å². The normalized spacial score (nSPS) is 15.6. The van der Waals surface area contributed by atoms with Crippen molar-refractivity contribution in [3.05, 3.63) is 30.1 Å². The number of pyridine rings is 1. The van der Waals surface area contributed by atoms with Crippen LogP contribution in [0.3, 0.4) is 0 Å². The molecule has 0 aliphatic carbocycles. The zero-order chi connectivity index (χ0) is 9.03. The summed E-state index contributed by atoms with van der Waals surface area (Å²) in [7, 11) is 0. The van der Waals surface area contributed by atoms with Crippen LogP contribution in [0.5, 0.6) is 0 Å². The number of nitrogens with two attached hydrogens (primary N) is 1. The Bertz CT molecular complexity index is 234. The average molecular weight is 166 g/mol. The number of rotatable bonds is 3. The molecule has 0 fully saturated rings. The summed E-state index contributed by atoms with van der Waals surface area (Å²) in [4.78, 5) is 4.12.